The SMILES string of the molecule is C[C-]1c2ccccc2[N+](C)=CN1C. The maximum absolute atomic E-state index is 2.16. The van der Waals surface area contributed by atoms with Crippen LogP contribution < -0.4 is 0 Å². The van der Waals surface area contributed by atoms with Gasteiger partial charge in [-0.2, -0.15) is 6.07 Å². The lowest BCUT2D eigenvalue weighted by molar-refractivity contribution is -0.408. The highest BCUT2D eigenvalue weighted by molar-refractivity contribution is 5.63. The van der Waals surface area contributed by atoms with Gasteiger partial charge in [0.05, 0.1) is 14.1 Å². The van der Waals surface area contributed by atoms with Gasteiger partial charge in [-0.3, -0.25) is 9.48 Å². The Morgan fingerprint density at radius 2 is 2.00 bits per heavy atom. The Labute approximate surface area is 79.1 Å². The van der Waals surface area contributed by atoms with Crippen LogP contribution in [0, 0.1) is 6.04 Å². The molecule has 0 saturated heterocycles. The second-order valence-corrected chi connectivity index (χ2v) is 3.44. The highest BCUT2D eigenvalue weighted by Crippen LogP contribution is 2.29. The van der Waals surface area contributed by atoms with Crippen LogP contribution in [0.5, 0.6) is 0 Å². The van der Waals surface area contributed by atoms with Gasteiger partial charge in [-0.15, -0.1) is 11.6 Å². The van der Waals surface area contributed by atoms with Crippen LogP contribution in [0.15, 0.2) is 24.3 Å². The van der Waals surface area contributed by atoms with E-state index in [1.165, 1.54) is 17.3 Å². The molecule has 2 heteroatoms. The summed E-state index contributed by atoms with van der Waals surface area (Å²) in [5, 5.41) is 0. The largest absolute Gasteiger partial charge is 0.295 e. The molecule has 0 unspecified atom stereocenters. The first kappa shape index (κ1) is 8.17. The third-order valence-electron chi connectivity index (χ3n) is 2.55. The van der Waals surface area contributed by atoms with Crippen molar-refractivity contribution in [3.63, 3.8) is 0 Å². The van der Waals surface area contributed by atoms with Gasteiger partial charge < -0.3 is 0 Å². The Hall–Kier alpha value is -1.44. The van der Waals surface area contributed by atoms with Gasteiger partial charge in [0, 0.05) is 11.7 Å². The van der Waals surface area contributed by atoms with Crippen LogP contribution in [0.3, 0.4) is 0 Å². The smallest absolute Gasteiger partial charge is 0.221 e. The van der Waals surface area contributed by atoms with Crippen LogP contribution in [0.25, 0.3) is 0 Å². The molecular formula is C11H14N2. The molecule has 13 heavy (non-hydrogen) atoms. The number of hydrogen-bond donors (Lipinski definition) is 0. The van der Waals surface area contributed by atoms with Crippen molar-refractivity contribution < 1.29 is 4.58 Å². The fourth-order valence-electron chi connectivity index (χ4n) is 1.69. The highest BCUT2D eigenvalue weighted by Gasteiger charge is 2.16. The minimum Gasteiger partial charge on any atom is -0.295 e. The summed E-state index contributed by atoms with van der Waals surface area (Å²) in [4.78, 5) is 2.14. The molecule has 0 amide bonds. The summed E-state index contributed by atoms with van der Waals surface area (Å²) in [6, 6.07) is 9.75. The Balaban J connectivity index is 2.58. The average molecular weight is 174 g/mol. The van der Waals surface area contributed by atoms with Crippen LogP contribution in [-0.4, -0.2) is 29.9 Å². The zero-order valence-corrected chi connectivity index (χ0v) is 8.28. The van der Waals surface area contributed by atoms with Crippen molar-refractivity contribution in [2.24, 2.45) is 0 Å². The predicted octanol–water partition coefficient (Wildman–Crippen LogP) is 1.83. The summed E-state index contributed by atoms with van der Waals surface area (Å²) in [7, 11) is 4.14. The predicted molar refractivity (Wildman–Crippen MR) is 54.1 cm³/mol. The van der Waals surface area contributed by atoms with Gasteiger partial charge in [0.25, 0.3) is 0 Å². The Morgan fingerprint density at radius 3 is 2.77 bits per heavy atom. The van der Waals surface area contributed by atoms with E-state index in [4.69, 9.17) is 0 Å². The van der Waals surface area contributed by atoms with E-state index in [1.54, 1.807) is 0 Å². The molecule has 0 bridgehead atoms. The number of hydrogen-bond acceptors (Lipinski definition) is 1. The van der Waals surface area contributed by atoms with E-state index < -0.39 is 0 Å². The lowest BCUT2D eigenvalue weighted by atomic mass is 10.0. The zero-order valence-electron chi connectivity index (χ0n) is 8.28. The minimum atomic E-state index is 1.28. The second kappa shape index (κ2) is 2.80. The molecule has 1 aliphatic heterocycles. The third-order valence-corrected chi connectivity index (χ3v) is 2.55. The summed E-state index contributed by atoms with van der Waals surface area (Å²) >= 11 is 0. The van der Waals surface area contributed by atoms with Gasteiger partial charge in [-0.05, 0) is 6.92 Å². The Morgan fingerprint density at radius 1 is 1.31 bits per heavy atom. The Bertz CT molecular complexity index is 355. The van der Waals surface area contributed by atoms with E-state index in [0.29, 0.717) is 0 Å². The van der Waals surface area contributed by atoms with Crippen molar-refractivity contribution >= 4 is 12.0 Å². The van der Waals surface area contributed by atoms with Crippen molar-refractivity contribution in [2.45, 2.75) is 6.92 Å². The molecule has 0 spiro atoms. The number of nitrogens with zero attached hydrogens (tertiary/aromatic N) is 2. The highest BCUT2D eigenvalue weighted by atomic mass is 15.2. The van der Waals surface area contributed by atoms with Crippen molar-refractivity contribution in [2.75, 3.05) is 14.1 Å². The first-order valence-corrected chi connectivity index (χ1v) is 4.44. The molecule has 1 aromatic carbocycles. The molecule has 0 saturated carbocycles. The van der Waals surface area contributed by atoms with E-state index in [-0.39, 0.29) is 0 Å². The van der Waals surface area contributed by atoms with Gasteiger partial charge >= 0.3 is 0 Å². The fraction of sp³-hybridized carbons (Fsp3) is 0.273. The van der Waals surface area contributed by atoms with Crippen LogP contribution in [0.2, 0.25) is 0 Å². The Kier molecular flexibility index (Phi) is 1.76. The van der Waals surface area contributed by atoms with E-state index in [9.17, 15) is 0 Å². The summed E-state index contributed by atoms with van der Waals surface area (Å²) in [6.45, 7) is 2.14. The van der Waals surface area contributed by atoms with Gasteiger partial charge in [0.1, 0.15) is 0 Å². The molecule has 2 nitrogen and oxygen atoms in total. The average Bonchev–Trinajstić information content (AvgIpc) is 2.15. The van der Waals surface area contributed by atoms with Crippen molar-refractivity contribution in [1.29, 1.82) is 0 Å². The molecule has 0 radical (unpaired) electrons. The van der Waals surface area contributed by atoms with Gasteiger partial charge in [-0.25, -0.2) is 0 Å². The minimum absolute atomic E-state index is 1.28. The molecular weight excluding hydrogens is 160 g/mol. The summed E-state index contributed by atoms with van der Waals surface area (Å²) in [5.74, 6) is 0. The molecule has 0 N–H and O–H groups in total. The van der Waals surface area contributed by atoms with E-state index in [0.717, 1.165) is 0 Å². The maximum atomic E-state index is 2.16. The van der Waals surface area contributed by atoms with Crippen molar-refractivity contribution in [3.05, 3.63) is 35.9 Å². The normalized spacial score (nSPS) is 15.5. The zero-order chi connectivity index (χ0) is 9.42. The molecule has 0 fully saturated rings. The van der Waals surface area contributed by atoms with Gasteiger partial charge in [0.2, 0.25) is 6.34 Å². The monoisotopic (exact) mass is 174 g/mol. The molecule has 1 aliphatic rings. The standard InChI is InChI=1S/C11H14N2/c1-9-10-6-4-5-7-11(10)13(3)8-12(9)2/h4-8H,1-3H3. The number of benzene rings is 1. The first-order chi connectivity index (χ1) is 6.20. The lowest BCUT2D eigenvalue weighted by Crippen LogP contribution is -2.30. The molecule has 1 heterocycles. The van der Waals surface area contributed by atoms with Crippen LogP contribution in [-0.2, 0) is 0 Å². The van der Waals surface area contributed by atoms with E-state index >= 15 is 0 Å². The van der Waals surface area contributed by atoms with E-state index in [1.807, 2.05) is 0 Å². The lowest BCUT2D eigenvalue weighted by Gasteiger charge is -2.31. The third kappa shape index (κ3) is 1.18. The topological polar surface area (TPSA) is 6.25 Å². The molecule has 2 rings (SSSR count). The summed E-state index contributed by atoms with van der Waals surface area (Å²) in [5.41, 5.74) is 2.59. The van der Waals surface area contributed by atoms with Crippen LogP contribution in [0.1, 0.15) is 12.5 Å². The van der Waals surface area contributed by atoms with E-state index in [2.05, 4.69) is 61.1 Å². The molecule has 0 atom stereocenters. The van der Waals surface area contributed by atoms with Gasteiger partial charge in [0.15, 0.2) is 0 Å². The van der Waals surface area contributed by atoms with Crippen LogP contribution >= 0.6 is 0 Å². The van der Waals surface area contributed by atoms with Gasteiger partial charge in [-0.1, -0.05) is 12.1 Å². The first-order valence-electron chi connectivity index (χ1n) is 4.44. The quantitative estimate of drug-likeness (QED) is 0.429. The second-order valence-electron chi connectivity index (χ2n) is 3.44. The van der Waals surface area contributed by atoms with Crippen molar-refractivity contribution in [3.8, 4) is 0 Å². The fourth-order valence-corrected chi connectivity index (χ4v) is 1.69. The van der Waals surface area contributed by atoms with Crippen LogP contribution in [0.4, 0.5) is 5.69 Å². The molecule has 68 valence electrons. The summed E-state index contributed by atoms with van der Waals surface area (Å²) in [6.07, 6.45) is 2.09. The van der Waals surface area contributed by atoms with Crippen molar-refractivity contribution in [1.82, 2.24) is 4.90 Å². The number of rotatable bonds is 0. The number of para-hydroxylation sites is 1. The molecule has 0 aromatic heterocycles. The maximum Gasteiger partial charge on any atom is 0.221 e. The molecule has 0 aliphatic carbocycles. The number of fused-ring (bicyclic) bond motifs is 1. The summed E-state index contributed by atoms with van der Waals surface area (Å²) < 4.78 is 2.14. The molecule has 1 aromatic rings.